The van der Waals surface area contributed by atoms with E-state index in [0.29, 0.717) is 5.92 Å². The van der Waals surface area contributed by atoms with Crippen molar-refractivity contribution in [3.63, 3.8) is 0 Å². The van der Waals surface area contributed by atoms with Crippen molar-refractivity contribution in [1.82, 2.24) is 15.6 Å². The standard InChI is InChI=1S/C10H17N3O/c1-11-6-9-7-14-10(13-9)4-8-2-3-12-5-8/h7-8,11-12H,2-6H2,1H3. The Morgan fingerprint density at radius 1 is 1.71 bits per heavy atom. The summed E-state index contributed by atoms with van der Waals surface area (Å²) in [4.78, 5) is 4.41. The summed E-state index contributed by atoms with van der Waals surface area (Å²) in [5, 5.41) is 6.40. The van der Waals surface area contributed by atoms with E-state index in [1.54, 1.807) is 6.26 Å². The summed E-state index contributed by atoms with van der Waals surface area (Å²) in [7, 11) is 1.91. The molecule has 0 amide bonds. The third kappa shape index (κ3) is 2.33. The van der Waals surface area contributed by atoms with Crippen molar-refractivity contribution in [2.45, 2.75) is 19.4 Å². The normalized spacial score (nSPS) is 21.6. The van der Waals surface area contributed by atoms with Gasteiger partial charge in [0.15, 0.2) is 5.89 Å². The van der Waals surface area contributed by atoms with Crippen molar-refractivity contribution in [3.8, 4) is 0 Å². The fourth-order valence-electron chi connectivity index (χ4n) is 1.84. The molecule has 1 fully saturated rings. The van der Waals surface area contributed by atoms with E-state index in [0.717, 1.165) is 37.6 Å². The first-order valence-corrected chi connectivity index (χ1v) is 5.17. The number of nitrogens with one attached hydrogen (secondary N) is 2. The Kier molecular flexibility index (Phi) is 3.16. The van der Waals surface area contributed by atoms with Crippen LogP contribution >= 0.6 is 0 Å². The molecule has 4 heteroatoms. The number of aromatic nitrogens is 1. The van der Waals surface area contributed by atoms with Crippen LogP contribution in [0.15, 0.2) is 10.7 Å². The second-order valence-corrected chi connectivity index (χ2v) is 3.83. The highest BCUT2D eigenvalue weighted by Crippen LogP contribution is 2.14. The Labute approximate surface area is 84.1 Å². The molecule has 0 radical (unpaired) electrons. The van der Waals surface area contributed by atoms with E-state index in [-0.39, 0.29) is 0 Å². The van der Waals surface area contributed by atoms with Crippen LogP contribution in [0.4, 0.5) is 0 Å². The molecule has 14 heavy (non-hydrogen) atoms. The van der Waals surface area contributed by atoms with Crippen molar-refractivity contribution < 1.29 is 4.42 Å². The van der Waals surface area contributed by atoms with E-state index in [1.165, 1.54) is 6.42 Å². The smallest absolute Gasteiger partial charge is 0.194 e. The van der Waals surface area contributed by atoms with Gasteiger partial charge in [-0.25, -0.2) is 4.98 Å². The van der Waals surface area contributed by atoms with Crippen LogP contribution in [-0.4, -0.2) is 25.1 Å². The molecular formula is C10H17N3O. The molecule has 0 spiro atoms. The van der Waals surface area contributed by atoms with Crippen LogP contribution in [0, 0.1) is 5.92 Å². The molecule has 1 aliphatic heterocycles. The van der Waals surface area contributed by atoms with Gasteiger partial charge in [0, 0.05) is 13.0 Å². The minimum Gasteiger partial charge on any atom is -0.449 e. The average Bonchev–Trinajstić information content (AvgIpc) is 2.79. The van der Waals surface area contributed by atoms with Gasteiger partial charge < -0.3 is 15.1 Å². The molecule has 0 bridgehead atoms. The Bertz CT molecular complexity index is 279. The quantitative estimate of drug-likeness (QED) is 0.736. The zero-order chi connectivity index (χ0) is 9.80. The third-order valence-electron chi connectivity index (χ3n) is 2.58. The van der Waals surface area contributed by atoms with Gasteiger partial charge in [-0.2, -0.15) is 0 Å². The summed E-state index contributed by atoms with van der Waals surface area (Å²) in [5.74, 6) is 1.58. The summed E-state index contributed by atoms with van der Waals surface area (Å²) >= 11 is 0. The minimum atomic E-state index is 0.705. The van der Waals surface area contributed by atoms with E-state index in [2.05, 4.69) is 15.6 Å². The second kappa shape index (κ2) is 4.57. The lowest BCUT2D eigenvalue weighted by atomic mass is 10.1. The van der Waals surface area contributed by atoms with Crippen LogP contribution in [0.2, 0.25) is 0 Å². The molecule has 0 aliphatic carbocycles. The molecule has 2 rings (SSSR count). The second-order valence-electron chi connectivity index (χ2n) is 3.83. The first-order chi connectivity index (χ1) is 6.88. The fourth-order valence-corrected chi connectivity index (χ4v) is 1.84. The number of nitrogens with zero attached hydrogens (tertiary/aromatic N) is 1. The van der Waals surface area contributed by atoms with Gasteiger partial charge in [-0.1, -0.05) is 0 Å². The SMILES string of the molecule is CNCc1coc(CC2CCNC2)n1. The number of rotatable bonds is 4. The lowest BCUT2D eigenvalue weighted by Gasteiger charge is -2.02. The molecule has 4 nitrogen and oxygen atoms in total. The van der Waals surface area contributed by atoms with Crippen molar-refractivity contribution in [3.05, 3.63) is 17.8 Å². The van der Waals surface area contributed by atoms with Gasteiger partial charge in [0.05, 0.1) is 5.69 Å². The predicted octanol–water partition coefficient (Wildman–Crippen LogP) is 0.546. The Morgan fingerprint density at radius 2 is 2.64 bits per heavy atom. The van der Waals surface area contributed by atoms with Gasteiger partial charge in [-0.05, 0) is 32.5 Å². The molecule has 78 valence electrons. The number of oxazole rings is 1. The van der Waals surface area contributed by atoms with Crippen molar-refractivity contribution in [1.29, 1.82) is 0 Å². The van der Waals surface area contributed by atoms with Gasteiger partial charge in [-0.3, -0.25) is 0 Å². The molecule has 0 saturated carbocycles. The largest absolute Gasteiger partial charge is 0.449 e. The molecule has 1 saturated heterocycles. The zero-order valence-corrected chi connectivity index (χ0v) is 8.55. The summed E-state index contributed by atoms with van der Waals surface area (Å²) in [6.45, 7) is 3.02. The highest BCUT2D eigenvalue weighted by molar-refractivity contribution is 4.97. The third-order valence-corrected chi connectivity index (χ3v) is 2.58. The zero-order valence-electron chi connectivity index (χ0n) is 8.55. The summed E-state index contributed by atoms with van der Waals surface area (Å²) < 4.78 is 5.40. The first-order valence-electron chi connectivity index (χ1n) is 5.17. The Morgan fingerprint density at radius 3 is 3.36 bits per heavy atom. The number of hydrogen-bond acceptors (Lipinski definition) is 4. The maximum atomic E-state index is 5.40. The van der Waals surface area contributed by atoms with Crippen LogP contribution in [-0.2, 0) is 13.0 Å². The summed E-state index contributed by atoms with van der Waals surface area (Å²) in [6, 6.07) is 0. The van der Waals surface area contributed by atoms with E-state index in [1.807, 2.05) is 7.05 Å². The molecular weight excluding hydrogens is 178 g/mol. The maximum Gasteiger partial charge on any atom is 0.194 e. The monoisotopic (exact) mass is 195 g/mol. The molecule has 1 aromatic heterocycles. The first kappa shape index (κ1) is 9.68. The number of hydrogen-bond donors (Lipinski definition) is 2. The highest BCUT2D eigenvalue weighted by Gasteiger charge is 2.17. The highest BCUT2D eigenvalue weighted by atomic mass is 16.3. The maximum absolute atomic E-state index is 5.40. The molecule has 0 aromatic carbocycles. The van der Waals surface area contributed by atoms with E-state index >= 15 is 0 Å². The summed E-state index contributed by atoms with van der Waals surface area (Å²) in [5.41, 5.74) is 0.994. The van der Waals surface area contributed by atoms with Crippen LogP contribution in [0.25, 0.3) is 0 Å². The predicted molar refractivity (Wildman–Crippen MR) is 53.9 cm³/mol. The fraction of sp³-hybridized carbons (Fsp3) is 0.700. The Hall–Kier alpha value is -0.870. The molecule has 1 atom stereocenters. The van der Waals surface area contributed by atoms with Gasteiger partial charge in [0.2, 0.25) is 0 Å². The molecule has 2 heterocycles. The van der Waals surface area contributed by atoms with E-state index < -0.39 is 0 Å². The van der Waals surface area contributed by atoms with Crippen LogP contribution in [0.1, 0.15) is 18.0 Å². The molecule has 1 aromatic rings. The summed E-state index contributed by atoms with van der Waals surface area (Å²) in [6.07, 6.45) is 3.95. The van der Waals surface area contributed by atoms with E-state index in [9.17, 15) is 0 Å². The Balaban J connectivity index is 1.88. The minimum absolute atomic E-state index is 0.705. The lowest BCUT2D eigenvalue weighted by Crippen LogP contribution is -2.11. The van der Waals surface area contributed by atoms with Crippen molar-refractivity contribution in [2.24, 2.45) is 5.92 Å². The molecule has 1 unspecified atom stereocenters. The topological polar surface area (TPSA) is 50.1 Å². The van der Waals surface area contributed by atoms with Gasteiger partial charge in [-0.15, -0.1) is 0 Å². The van der Waals surface area contributed by atoms with Crippen LogP contribution in [0.3, 0.4) is 0 Å². The molecule has 1 aliphatic rings. The van der Waals surface area contributed by atoms with Crippen LogP contribution < -0.4 is 10.6 Å². The molecule has 2 N–H and O–H groups in total. The average molecular weight is 195 g/mol. The van der Waals surface area contributed by atoms with Gasteiger partial charge in [0.25, 0.3) is 0 Å². The van der Waals surface area contributed by atoms with Gasteiger partial charge in [0.1, 0.15) is 6.26 Å². The van der Waals surface area contributed by atoms with Crippen LogP contribution in [0.5, 0.6) is 0 Å². The van der Waals surface area contributed by atoms with Crippen molar-refractivity contribution >= 4 is 0 Å². The van der Waals surface area contributed by atoms with E-state index in [4.69, 9.17) is 4.42 Å². The van der Waals surface area contributed by atoms with Crippen molar-refractivity contribution in [2.75, 3.05) is 20.1 Å². The van der Waals surface area contributed by atoms with Gasteiger partial charge >= 0.3 is 0 Å². The lowest BCUT2D eigenvalue weighted by molar-refractivity contribution is 0.442.